The Labute approximate surface area is 121 Å². The van der Waals surface area contributed by atoms with E-state index in [1.165, 1.54) is 0 Å². The molecule has 0 aliphatic rings. The van der Waals surface area contributed by atoms with Crippen LogP contribution in [-0.4, -0.2) is 28.1 Å². The molecule has 0 saturated heterocycles. The number of carbonyl (C=O) groups is 1. The zero-order valence-corrected chi connectivity index (χ0v) is 12.4. The smallest absolute Gasteiger partial charge is 0.306 e. The van der Waals surface area contributed by atoms with Gasteiger partial charge in [-0.25, -0.2) is 0 Å². The Balaban J connectivity index is 2.04. The first-order valence-corrected chi connectivity index (χ1v) is 7.38. The third kappa shape index (κ3) is 3.42. The molecule has 1 aromatic carbocycles. The molecular weight excluding hydrogens is 284 g/mol. The average Bonchev–Trinajstić information content (AvgIpc) is 2.74. The van der Waals surface area contributed by atoms with E-state index in [0.717, 1.165) is 15.8 Å². The molecule has 1 aromatic heterocycles. The topological polar surface area (TPSA) is 44.1 Å². The van der Waals surface area contributed by atoms with Gasteiger partial charge in [0.05, 0.1) is 23.6 Å². The summed E-state index contributed by atoms with van der Waals surface area (Å²) >= 11 is 7.90. The van der Waals surface area contributed by atoms with Crippen LogP contribution in [0.3, 0.4) is 0 Å². The summed E-state index contributed by atoms with van der Waals surface area (Å²) in [6.07, 6.45) is 2.28. The summed E-state index contributed by atoms with van der Waals surface area (Å²) in [6.45, 7) is 2.23. The zero-order valence-electron chi connectivity index (χ0n) is 10.9. The molecule has 0 aliphatic heterocycles. The number of halogens is 1. The Morgan fingerprint density at radius 2 is 2.32 bits per heavy atom. The number of hydrogen-bond acceptors (Lipinski definition) is 4. The van der Waals surface area contributed by atoms with Crippen LogP contribution in [0.4, 0.5) is 0 Å². The first-order chi connectivity index (χ1) is 9.11. The highest BCUT2D eigenvalue weighted by molar-refractivity contribution is 7.99. The van der Waals surface area contributed by atoms with Crippen LogP contribution in [0.5, 0.6) is 0 Å². The zero-order chi connectivity index (χ0) is 13.8. The van der Waals surface area contributed by atoms with Crippen molar-refractivity contribution in [1.82, 2.24) is 9.78 Å². The Morgan fingerprint density at radius 1 is 1.53 bits per heavy atom. The van der Waals surface area contributed by atoms with Crippen molar-refractivity contribution in [3.63, 3.8) is 0 Å². The normalized spacial score (nSPS) is 10.9. The molecule has 19 heavy (non-hydrogen) atoms. The van der Waals surface area contributed by atoms with Crippen LogP contribution < -0.4 is 0 Å². The fourth-order valence-electron chi connectivity index (χ4n) is 1.75. The predicted octanol–water partition coefficient (Wildman–Crippen LogP) is 3.27. The molecule has 0 amide bonds. The molecule has 0 aliphatic carbocycles. The second kappa shape index (κ2) is 6.30. The molecule has 102 valence electrons. The summed E-state index contributed by atoms with van der Waals surface area (Å²) in [7, 11) is 1.86. The van der Waals surface area contributed by atoms with Crippen molar-refractivity contribution < 1.29 is 9.53 Å². The summed E-state index contributed by atoms with van der Waals surface area (Å²) in [5.41, 5.74) is 0.877. The Kier molecular flexibility index (Phi) is 4.71. The van der Waals surface area contributed by atoms with Gasteiger partial charge in [-0.2, -0.15) is 5.10 Å². The van der Waals surface area contributed by atoms with E-state index in [1.54, 1.807) is 23.4 Å². The van der Waals surface area contributed by atoms with Crippen LogP contribution in [0, 0.1) is 0 Å². The van der Waals surface area contributed by atoms with E-state index < -0.39 is 0 Å². The maximum atomic E-state index is 11.3. The summed E-state index contributed by atoms with van der Waals surface area (Å²) in [5, 5.41) is 5.93. The lowest BCUT2D eigenvalue weighted by atomic mass is 10.2. The number of nitrogens with zero attached hydrogens (tertiary/aromatic N) is 2. The lowest BCUT2D eigenvalue weighted by Crippen LogP contribution is -2.04. The van der Waals surface area contributed by atoms with Gasteiger partial charge in [0.15, 0.2) is 0 Å². The first-order valence-electron chi connectivity index (χ1n) is 6.02. The fraction of sp³-hybridized carbons (Fsp3) is 0.385. The van der Waals surface area contributed by atoms with Crippen LogP contribution in [0.2, 0.25) is 5.02 Å². The van der Waals surface area contributed by atoms with E-state index in [9.17, 15) is 4.79 Å². The number of hydrogen-bond donors (Lipinski definition) is 0. The van der Waals surface area contributed by atoms with Gasteiger partial charge in [0.2, 0.25) is 0 Å². The number of benzene rings is 1. The molecule has 0 unspecified atom stereocenters. The van der Waals surface area contributed by atoms with E-state index in [2.05, 4.69) is 5.10 Å². The largest absolute Gasteiger partial charge is 0.466 e. The van der Waals surface area contributed by atoms with E-state index in [1.807, 2.05) is 25.4 Å². The van der Waals surface area contributed by atoms with Crippen molar-refractivity contribution in [2.24, 2.45) is 7.05 Å². The predicted molar refractivity (Wildman–Crippen MR) is 77.7 cm³/mol. The van der Waals surface area contributed by atoms with Crippen LogP contribution >= 0.6 is 23.4 Å². The van der Waals surface area contributed by atoms with Gasteiger partial charge >= 0.3 is 5.97 Å². The molecule has 0 bridgehead atoms. The molecule has 0 spiro atoms. The second-order valence-electron chi connectivity index (χ2n) is 4.02. The highest BCUT2D eigenvalue weighted by Gasteiger charge is 2.10. The number of ether oxygens (including phenoxy) is 1. The second-order valence-corrected chi connectivity index (χ2v) is 5.53. The van der Waals surface area contributed by atoms with Crippen molar-refractivity contribution in [3.05, 3.63) is 23.4 Å². The molecule has 4 nitrogen and oxygen atoms in total. The third-order valence-corrected chi connectivity index (χ3v) is 4.15. The molecule has 0 saturated carbocycles. The van der Waals surface area contributed by atoms with Crippen LogP contribution in [0.1, 0.15) is 13.3 Å². The van der Waals surface area contributed by atoms with Crippen molar-refractivity contribution in [1.29, 1.82) is 0 Å². The fourth-order valence-corrected chi connectivity index (χ4v) is 3.01. The highest BCUT2D eigenvalue weighted by atomic mass is 35.5. The Hall–Kier alpha value is -1.20. The number of carbonyl (C=O) groups excluding carboxylic acids is 1. The minimum absolute atomic E-state index is 0.173. The van der Waals surface area contributed by atoms with Gasteiger partial charge < -0.3 is 4.74 Å². The quantitative estimate of drug-likeness (QED) is 0.628. The highest BCUT2D eigenvalue weighted by Crippen LogP contribution is 2.33. The molecule has 6 heteroatoms. The van der Waals surface area contributed by atoms with Gasteiger partial charge in [0.25, 0.3) is 0 Å². The lowest BCUT2D eigenvalue weighted by Gasteiger charge is -2.04. The monoisotopic (exact) mass is 298 g/mol. The lowest BCUT2D eigenvalue weighted by molar-refractivity contribution is -0.142. The van der Waals surface area contributed by atoms with E-state index >= 15 is 0 Å². The van der Waals surface area contributed by atoms with E-state index in [0.29, 0.717) is 23.8 Å². The van der Waals surface area contributed by atoms with Crippen LogP contribution in [-0.2, 0) is 16.6 Å². The molecule has 0 N–H and O–H groups in total. The van der Waals surface area contributed by atoms with Gasteiger partial charge in [-0.05, 0) is 19.1 Å². The summed E-state index contributed by atoms with van der Waals surface area (Å²) in [5.74, 6) is 0.484. The number of rotatable bonds is 5. The van der Waals surface area contributed by atoms with Crippen molar-refractivity contribution in [2.75, 3.05) is 12.4 Å². The number of aromatic nitrogens is 2. The minimum Gasteiger partial charge on any atom is -0.466 e. The minimum atomic E-state index is -0.173. The standard InChI is InChI=1S/C13H15ClN2O2S/c1-3-18-12(17)6-7-19-11-5-4-10-9(13(11)14)8-16(2)15-10/h4-5,8H,3,6-7H2,1-2H3. The first kappa shape index (κ1) is 14.2. The Bertz CT molecular complexity index is 598. The molecule has 2 aromatic rings. The van der Waals surface area contributed by atoms with Crippen molar-refractivity contribution in [3.8, 4) is 0 Å². The Morgan fingerprint density at radius 3 is 3.05 bits per heavy atom. The van der Waals surface area contributed by atoms with Crippen molar-refractivity contribution >= 4 is 40.2 Å². The average molecular weight is 299 g/mol. The van der Waals surface area contributed by atoms with Crippen molar-refractivity contribution in [2.45, 2.75) is 18.2 Å². The summed E-state index contributed by atoms with van der Waals surface area (Å²) in [4.78, 5) is 12.2. The van der Waals surface area contributed by atoms with Gasteiger partial charge in [-0.15, -0.1) is 11.8 Å². The number of aryl methyl sites for hydroxylation is 1. The van der Waals surface area contributed by atoms with Gasteiger partial charge in [-0.3, -0.25) is 9.48 Å². The third-order valence-electron chi connectivity index (χ3n) is 2.57. The summed E-state index contributed by atoms with van der Waals surface area (Å²) in [6, 6.07) is 3.88. The van der Waals surface area contributed by atoms with Gasteiger partial charge in [-0.1, -0.05) is 11.6 Å². The van der Waals surface area contributed by atoms with Gasteiger partial charge in [0.1, 0.15) is 0 Å². The summed E-state index contributed by atoms with van der Waals surface area (Å²) < 4.78 is 6.62. The molecule has 1 heterocycles. The molecular formula is C13H15ClN2O2S. The molecule has 2 rings (SSSR count). The maximum Gasteiger partial charge on any atom is 0.306 e. The van der Waals surface area contributed by atoms with E-state index in [4.69, 9.17) is 16.3 Å². The number of fused-ring (bicyclic) bond motifs is 1. The molecule has 0 fully saturated rings. The molecule has 0 radical (unpaired) electrons. The van der Waals surface area contributed by atoms with Crippen LogP contribution in [0.15, 0.2) is 23.2 Å². The molecule has 0 atom stereocenters. The SMILES string of the molecule is CCOC(=O)CCSc1ccc2nn(C)cc2c1Cl. The maximum absolute atomic E-state index is 11.3. The van der Waals surface area contributed by atoms with Gasteiger partial charge in [0, 0.05) is 29.3 Å². The van der Waals surface area contributed by atoms with E-state index in [-0.39, 0.29) is 5.97 Å². The number of esters is 1. The van der Waals surface area contributed by atoms with Crippen LogP contribution in [0.25, 0.3) is 10.9 Å². The number of thioether (sulfide) groups is 1.